The SMILES string of the molecule is c1csc(CN2CC(C3CC3)NCC2C2CCCCC2)c1. The van der Waals surface area contributed by atoms with Gasteiger partial charge < -0.3 is 5.32 Å². The second-order valence-corrected chi connectivity index (χ2v) is 8.36. The third-order valence-electron chi connectivity index (χ3n) is 5.81. The Morgan fingerprint density at radius 3 is 2.67 bits per heavy atom. The Hall–Kier alpha value is -0.380. The Morgan fingerprint density at radius 2 is 1.95 bits per heavy atom. The van der Waals surface area contributed by atoms with Gasteiger partial charge in [-0.3, -0.25) is 4.90 Å². The number of piperazine rings is 1. The van der Waals surface area contributed by atoms with E-state index >= 15 is 0 Å². The van der Waals surface area contributed by atoms with E-state index in [1.807, 2.05) is 11.3 Å². The molecule has 1 aromatic rings. The van der Waals surface area contributed by atoms with Crippen molar-refractivity contribution in [2.45, 2.75) is 63.6 Å². The monoisotopic (exact) mass is 304 g/mol. The van der Waals surface area contributed by atoms with Crippen LogP contribution in [0.1, 0.15) is 49.8 Å². The van der Waals surface area contributed by atoms with Crippen molar-refractivity contribution in [2.24, 2.45) is 11.8 Å². The van der Waals surface area contributed by atoms with Gasteiger partial charge in [0.15, 0.2) is 0 Å². The van der Waals surface area contributed by atoms with Gasteiger partial charge in [0.05, 0.1) is 0 Å². The van der Waals surface area contributed by atoms with Crippen LogP contribution < -0.4 is 5.32 Å². The summed E-state index contributed by atoms with van der Waals surface area (Å²) in [4.78, 5) is 4.38. The average molecular weight is 305 g/mol. The number of hydrogen-bond acceptors (Lipinski definition) is 3. The summed E-state index contributed by atoms with van der Waals surface area (Å²) in [5.74, 6) is 1.91. The highest BCUT2D eigenvalue weighted by molar-refractivity contribution is 7.09. The zero-order valence-electron chi connectivity index (χ0n) is 13.0. The zero-order valence-corrected chi connectivity index (χ0v) is 13.8. The standard InChI is InChI=1S/C18H28N2S/c1-2-5-15(6-3-1)18-11-19-17(14-8-9-14)13-20(18)12-16-7-4-10-21-16/h4,7,10,14-15,17-19H,1-3,5-6,8-9,11-13H2. The molecule has 2 unspecified atom stereocenters. The van der Waals surface area contributed by atoms with Crippen molar-refractivity contribution in [3.8, 4) is 0 Å². The minimum Gasteiger partial charge on any atom is -0.311 e. The third-order valence-corrected chi connectivity index (χ3v) is 6.67. The Morgan fingerprint density at radius 1 is 1.10 bits per heavy atom. The fourth-order valence-electron chi connectivity index (χ4n) is 4.44. The van der Waals surface area contributed by atoms with Crippen molar-refractivity contribution >= 4 is 11.3 Å². The first-order valence-electron chi connectivity index (χ1n) is 8.90. The van der Waals surface area contributed by atoms with E-state index in [1.165, 1.54) is 64.6 Å². The van der Waals surface area contributed by atoms with E-state index in [9.17, 15) is 0 Å². The van der Waals surface area contributed by atoms with Crippen molar-refractivity contribution in [1.29, 1.82) is 0 Å². The molecule has 0 aromatic carbocycles. The number of thiophene rings is 1. The normalized spacial score (nSPS) is 32.4. The van der Waals surface area contributed by atoms with Gasteiger partial charge >= 0.3 is 0 Å². The van der Waals surface area contributed by atoms with Gasteiger partial charge in [0.25, 0.3) is 0 Å². The molecule has 4 rings (SSSR count). The lowest BCUT2D eigenvalue weighted by molar-refractivity contribution is 0.0615. The molecule has 1 aromatic heterocycles. The molecule has 0 bridgehead atoms. The van der Waals surface area contributed by atoms with Crippen LogP contribution in [0.5, 0.6) is 0 Å². The highest BCUT2D eigenvalue weighted by atomic mass is 32.1. The van der Waals surface area contributed by atoms with E-state index in [0.717, 1.165) is 23.9 Å². The quantitative estimate of drug-likeness (QED) is 0.908. The molecule has 2 aliphatic carbocycles. The number of nitrogens with zero attached hydrogens (tertiary/aromatic N) is 1. The fourth-order valence-corrected chi connectivity index (χ4v) is 5.17. The molecule has 2 atom stereocenters. The van der Waals surface area contributed by atoms with Gasteiger partial charge in [-0.05, 0) is 49.0 Å². The van der Waals surface area contributed by atoms with E-state index in [-0.39, 0.29) is 0 Å². The molecule has 2 heterocycles. The minimum absolute atomic E-state index is 0.768. The van der Waals surface area contributed by atoms with Crippen LogP contribution in [0.3, 0.4) is 0 Å². The maximum absolute atomic E-state index is 3.90. The molecule has 116 valence electrons. The lowest BCUT2D eigenvalue weighted by Gasteiger charge is -2.45. The van der Waals surface area contributed by atoms with Crippen molar-refractivity contribution in [2.75, 3.05) is 13.1 Å². The summed E-state index contributed by atoms with van der Waals surface area (Å²) in [5.41, 5.74) is 0. The average Bonchev–Trinajstić information content (AvgIpc) is 3.26. The molecule has 3 fully saturated rings. The van der Waals surface area contributed by atoms with Gasteiger partial charge in [-0.1, -0.05) is 25.3 Å². The van der Waals surface area contributed by atoms with E-state index in [1.54, 1.807) is 4.88 Å². The van der Waals surface area contributed by atoms with E-state index in [4.69, 9.17) is 0 Å². The smallest absolute Gasteiger partial charge is 0.0332 e. The van der Waals surface area contributed by atoms with Crippen molar-refractivity contribution < 1.29 is 0 Å². The van der Waals surface area contributed by atoms with Gasteiger partial charge in [-0.2, -0.15) is 0 Å². The van der Waals surface area contributed by atoms with Crippen LogP contribution in [0.25, 0.3) is 0 Å². The molecule has 2 saturated carbocycles. The topological polar surface area (TPSA) is 15.3 Å². The molecular weight excluding hydrogens is 276 g/mol. The molecule has 21 heavy (non-hydrogen) atoms. The predicted molar refractivity (Wildman–Crippen MR) is 89.6 cm³/mol. The molecule has 2 nitrogen and oxygen atoms in total. The Labute approximate surface area is 132 Å². The number of nitrogens with one attached hydrogen (secondary N) is 1. The molecule has 3 aliphatic rings. The summed E-state index contributed by atoms with van der Waals surface area (Å²) >= 11 is 1.93. The molecule has 1 saturated heterocycles. The van der Waals surface area contributed by atoms with Crippen LogP contribution in [0.4, 0.5) is 0 Å². The number of hydrogen-bond donors (Lipinski definition) is 1. The van der Waals surface area contributed by atoms with Crippen molar-refractivity contribution in [3.05, 3.63) is 22.4 Å². The Kier molecular flexibility index (Phi) is 4.33. The molecule has 1 N–H and O–H groups in total. The van der Waals surface area contributed by atoms with Crippen molar-refractivity contribution in [3.63, 3.8) is 0 Å². The summed E-state index contributed by atoms with van der Waals surface area (Å²) < 4.78 is 0. The summed E-state index contributed by atoms with van der Waals surface area (Å²) in [5, 5.41) is 6.13. The van der Waals surface area contributed by atoms with E-state index in [2.05, 4.69) is 27.7 Å². The maximum Gasteiger partial charge on any atom is 0.0332 e. The third kappa shape index (κ3) is 3.35. The summed E-state index contributed by atoms with van der Waals surface area (Å²) in [6.45, 7) is 3.70. The fraction of sp³-hybridized carbons (Fsp3) is 0.778. The van der Waals surface area contributed by atoms with Gasteiger partial charge in [0.1, 0.15) is 0 Å². The van der Waals surface area contributed by atoms with Crippen LogP contribution in [0, 0.1) is 11.8 Å². The number of rotatable bonds is 4. The van der Waals surface area contributed by atoms with E-state index < -0.39 is 0 Å². The van der Waals surface area contributed by atoms with Crippen LogP contribution in [0.15, 0.2) is 17.5 Å². The molecule has 0 spiro atoms. The zero-order chi connectivity index (χ0) is 14.1. The second-order valence-electron chi connectivity index (χ2n) is 7.33. The molecule has 1 aliphatic heterocycles. The maximum atomic E-state index is 3.90. The predicted octanol–water partition coefficient (Wildman–Crippen LogP) is 3.88. The van der Waals surface area contributed by atoms with Crippen LogP contribution >= 0.6 is 11.3 Å². The lowest BCUT2D eigenvalue weighted by atomic mass is 9.82. The minimum atomic E-state index is 0.768. The van der Waals surface area contributed by atoms with Gasteiger partial charge in [0.2, 0.25) is 0 Å². The Balaban J connectivity index is 1.46. The van der Waals surface area contributed by atoms with Crippen molar-refractivity contribution in [1.82, 2.24) is 10.2 Å². The first kappa shape index (κ1) is 14.2. The lowest BCUT2D eigenvalue weighted by Crippen LogP contribution is -2.59. The van der Waals surface area contributed by atoms with Gasteiger partial charge in [0, 0.05) is 36.6 Å². The summed E-state index contributed by atoms with van der Waals surface area (Å²) in [6.07, 6.45) is 10.2. The summed E-state index contributed by atoms with van der Waals surface area (Å²) in [6, 6.07) is 6.07. The highest BCUT2D eigenvalue weighted by Crippen LogP contribution is 2.37. The van der Waals surface area contributed by atoms with Crippen LogP contribution in [-0.4, -0.2) is 30.1 Å². The van der Waals surface area contributed by atoms with Gasteiger partial charge in [-0.25, -0.2) is 0 Å². The molecule has 3 heteroatoms. The Bertz CT molecular complexity index is 434. The first-order valence-corrected chi connectivity index (χ1v) is 9.78. The second kappa shape index (κ2) is 6.39. The van der Waals surface area contributed by atoms with Crippen LogP contribution in [0.2, 0.25) is 0 Å². The molecule has 0 amide bonds. The highest BCUT2D eigenvalue weighted by Gasteiger charge is 2.39. The van der Waals surface area contributed by atoms with E-state index in [0.29, 0.717) is 0 Å². The molecular formula is C18H28N2S. The van der Waals surface area contributed by atoms with Crippen LogP contribution in [-0.2, 0) is 6.54 Å². The first-order chi connectivity index (χ1) is 10.4. The molecule has 0 radical (unpaired) electrons. The largest absolute Gasteiger partial charge is 0.311 e. The van der Waals surface area contributed by atoms with Gasteiger partial charge in [-0.15, -0.1) is 11.3 Å². The summed E-state index contributed by atoms with van der Waals surface area (Å²) in [7, 11) is 0.